The molecule has 0 N–H and O–H groups in total. The molecule has 0 amide bonds. The van der Waals surface area contributed by atoms with Crippen molar-refractivity contribution in [1.29, 1.82) is 5.26 Å². The molecule has 2 aromatic carbocycles. The van der Waals surface area contributed by atoms with E-state index in [9.17, 15) is 5.26 Å². The van der Waals surface area contributed by atoms with Crippen molar-refractivity contribution in [1.82, 2.24) is 4.57 Å². The minimum absolute atomic E-state index is 0.435. The molecule has 4 heteroatoms. The van der Waals surface area contributed by atoms with Crippen LogP contribution in [-0.4, -0.2) is 4.57 Å². The Morgan fingerprint density at radius 1 is 1.17 bits per heavy atom. The Kier molecular flexibility index (Phi) is 4.76. The van der Waals surface area contributed by atoms with E-state index in [2.05, 4.69) is 23.3 Å². The minimum atomic E-state index is 0.435. The zero-order chi connectivity index (χ0) is 17.1. The van der Waals surface area contributed by atoms with Crippen LogP contribution in [0.1, 0.15) is 11.1 Å². The molecule has 1 aromatic heterocycles. The van der Waals surface area contributed by atoms with Gasteiger partial charge in [0.05, 0.1) is 21.7 Å². The molecule has 0 aliphatic carbocycles. The second kappa shape index (κ2) is 6.97. The second-order valence-electron chi connectivity index (χ2n) is 5.34. The molecular weight excluding hydrogens is 339 g/mol. The van der Waals surface area contributed by atoms with Gasteiger partial charge in [-0.2, -0.15) is 5.26 Å². The van der Waals surface area contributed by atoms with Crippen molar-refractivity contribution in [2.24, 2.45) is 0 Å². The third-order valence-electron chi connectivity index (χ3n) is 3.80. The zero-order valence-electron chi connectivity index (χ0n) is 12.8. The van der Waals surface area contributed by atoms with Gasteiger partial charge in [-0.15, -0.1) is 6.58 Å². The highest BCUT2D eigenvalue weighted by Gasteiger charge is 2.09. The zero-order valence-corrected chi connectivity index (χ0v) is 14.3. The first-order chi connectivity index (χ1) is 11.6. The highest BCUT2D eigenvalue weighted by molar-refractivity contribution is 6.42. The lowest BCUT2D eigenvalue weighted by atomic mass is 10.0. The quantitative estimate of drug-likeness (QED) is 0.406. The van der Waals surface area contributed by atoms with E-state index in [4.69, 9.17) is 23.2 Å². The highest BCUT2D eigenvalue weighted by atomic mass is 35.5. The van der Waals surface area contributed by atoms with Gasteiger partial charge in [-0.1, -0.05) is 53.5 Å². The van der Waals surface area contributed by atoms with Crippen LogP contribution in [0.15, 0.2) is 61.3 Å². The molecule has 0 fully saturated rings. The normalized spacial score (nSPS) is 11.5. The third-order valence-corrected chi connectivity index (χ3v) is 4.54. The van der Waals surface area contributed by atoms with E-state index < -0.39 is 0 Å². The Labute approximate surface area is 150 Å². The molecule has 24 heavy (non-hydrogen) atoms. The topological polar surface area (TPSA) is 28.7 Å². The molecule has 3 aromatic rings. The molecule has 0 saturated carbocycles. The van der Waals surface area contributed by atoms with Crippen molar-refractivity contribution in [3.63, 3.8) is 0 Å². The van der Waals surface area contributed by atoms with Crippen LogP contribution in [0.4, 0.5) is 0 Å². The van der Waals surface area contributed by atoms with Gasteiger partial charge in [0.25, 0.3) is 0 Å². The Balaban J connectivity index is 2.15. The van der Waals surface area contributed by atoms with Crippen molar-refractivity contribution in [3.05, 3.63) is 82.5 Å². The fraction of sp³-hybridized carbons (Fsp3) is 0.0500. The predicted molar refractivity (Wildman–Crippen MR) is 102 cm³/mol. The lowest BCUT2D eigenvalue weighted by Crippen LogP contribution is -1.91. The SMILES string of the molecule is C=CCn1cc(/C=C(\C#N)c2ccc(Cl)c(Cl)c2)c2ccccc21. The molecular formula is C20H14Cl2N2. The number of nitrogens with zero attached hydrogens (tertiary/aromatic N) is 2. The molecule has 3 rings (SSSR count). The molecule has 0 atom stereocenters. The molecule has 0 aliphatic rings. The van der Waals surface area contributed by atoms with E-state index in [1.807, 2.05) is 36.5 Å². The number of halogens is 2. The van der Waals surface area contributed by atoms with Crippen LogP contribution in [0.25, 0.3) is 22.6 Å². The molecule has 0 aliphatic heterocycles. The van der Waals surface area contributed by atoms with Crippen LogP contribution >= 0.6 is 23.2 Å². The van der Waals surface area contributed by atoms with E-state index in [1.165, 1.54) is 0 Å². The number of hydrogen-bond acceptors (Lipinski definition) is 1. The molecule has 0 saturated heterocycles. The van der Waals surface area contributed by atoms with Crippen LogP contribution in [0.3, 0.4) is 0 Å². The first-order valence-corrected chi connectivity index (χ1v) is 8.15. The van der Waals surface area contributed by atoms with Gasteiger partial charge in [-0.25, -0.2) is 0 Å². The predicted octanol–water partition coefficient (Wildman–Crippen LogP) is 6.20. The van der Waals surface area contributed by atoms with Crippen LogP contribution in [0.2, 0.25) is 10.0 Å². The second-order valence-corrected chi connectivity index (χ2v) is 6.16. The Morgan fingerprint density at radius 3 is 2.67 bits per heavy atom. The smallest absolute Gasteiger partial charge is 0.0998 e. The van der Waals surface area contributed by atoms with Gasteiger partial charge in [0.1, 0.15) is 0 Å². The number of aromatic nitrogens is 1. The van der Waals surface area contributed by atoms with Gasteiger partial charge in [0.2, 0.25) is 0 Å². The molecule has 1 heterocycles. The fourth-order valence-corrected chi connectivity index (χ4v) is 2.98. The van der Waals surface area contributed by atoms with Gasteiger partial charge in [0.15, 0.2) is 0 Å². The first-order valence-electron chi connectivity index (χ1n) is 7.40. The summed E-state index contributed by atoms with van der Waals surface area (Å²) in [4.78, 5) is 0. The van der Waals surface area contributed by atoms with Crippen molar-refractivity contribution in [3.8, 4) is 6.07 Å². The van der Waals surface area contributed by atoms with Gasteiger partial charge in [-0.3, -0.25) is 0 Å². The molecule has 2 nitrogen and oxygen atoms in total. The number of fused-ring (bicyclic) bond motifs is 1. The van der Waals surface area contributed by atoms with Crippen LogP contribution in [0, 0.1) is 11.3 Å². The summed E-state index contributed by atoms with van der Waals surface area (Å²) >= 11 is 12.0. The summed E-state index contributed by atoms with van der Waals surface area (Å²) in [5, 5.41) is 11.6. The maximum atomic E-state index is 9.57. The Morgan fingerprint density at radius 2 is 1.96 bits per heavy atom. The van der Waals surface area contributed by atoms with Gasteiger partial charge < -0.3 is 4.57 Å². The maximum Gasteiger partial charge on any atom is 0.0998 e. The van der Waals surface area contributed by atoms with Crippen molar-refractivity contribution >= 4 is 45.8 Å². The largest absolute Gasteiger partial charge is 0.343 e. The highest BCUT2D eigenvalue weighted by Crippen LogP contribution is 2.29. The van der Waals surface area contributed by atoms with Crippen molar-refractivity contribution in [2.75, 3.05) is 0 Å². The Bertz CT molecular complexity index is 991. The number of allylic oxidation sites excluding steroid dienone is 2. The summed E-state index contributed by atoms with van der Waals surface area (Å²) in [7, 11) is 0. The average Bonchev–Trinajstić information content (AvgIpc) is 2.94. The van der Waals surface area contributed by atoms with Crippen LogP contribution < -0.4 is 0 Å². The van der Waals surface area contributed by atoms with Crippen molar-refractivity contribution in [2.45, 2.75) is 6.54 Å². The van der Waals surface area contributed by atoms with Crippen LogP contribution in [0.5, 0.6) is 0 Å². The monoisotopic (exact) mass is 352 g/mol. The number of para-hydroxylation sites is 1. The van der Waals surface area contributed by atoms with E-state index in [-0.39, 0.29) is 0 Å². The number of hydrogen-bond donors (Lipinski definition) is 0. The molecule has 0 unspecified atom stereocenters. The molecule has 0 spiro atoms. The minimum Gasteiger partial charge on any atom is -0.343 e. The molecule has 118 valence electrons. The number of benzene rings is 2. The summed E-state index contributed by atoms with van der Waals surface area (Å²) in [6.45, 7) is 4.51. The summed E-state index contributed by atoms with van der Waals surface area (Å²) < 4.78 is 2.11. The molecule has 0 radical (unpaired) electrons. The summed E-state index contributed by atoms with van der Waals surface area (Å²) in [6, 6.07) is 15.5. The average molecular weight is 353 g/mol. The maximum absolute atomic E-state index is 9.57. The Hall–Kier alpha value is -2.47. The third kappa shape index (κ3) is 3.10. The number of rotatable bonds is 4. The van der Waals surface area contributed by atoms with Gasteiger partial charge in [0, 0.05) is 29.2 Å². The lowest BCUT2D eigenvalue weighted by molar-refractivity contribution is 0.865. The van der Waals surface area contributed by atoms with Gasteiger partial charge >= 0.3 is 0 Å². The summed E-state index contributed by atoms with van der Waals surface area (Å²) in [5.74, 6) is 0. The first kappa shape index (κ1) is 16.4. The van der Waals surface area contributed by atoms with Crippen LogP contribution in [-0.2, 0) is 6.54 Å². The van der Waals surface area contributed by atoms with Gasteiger partial charge in [-0.05, 0) is 29.8 Å². The standard InChI is InChI=1S/C20H14Cl2N2/c1-2-9-24-13-16(17-5-3-4-6-20(17)24)10-15(12-23)14-7-8-18(21)19(22)11-14/h2-8,10-11,13H,1,9H2/b15-10+. The summed E-state index contributed by atoms with van der Waals surface area (Å²) in [6.07, 6.45) is 5.76. The summed E-state index contributed by atoms with van der Waals surface area (Å²) in [5.41, 5.74) is 3.37. The molecule has 0 bridgehead atoms. The fourth-order valence-electron chi connectivity index (χ4n) is 2.68. The van der Waals surface area contributed by atoms with E-state index in [0.717, 1.165) is 22.0 Å². The van der Waals surface area contributed by atoms with E-state index in [0.29, 0.717) is 22.2 Å². The lowest BCUT2D eigenvalue weighted by Gasteiger charge is -2.02. The van der Waals surface area contributed by atoms with E-state index >= 15 is 0 Å². The number of nitriles is 1. The van der Waals surface area contributed by atoms with E-state index in [1.54, 1.807) is 18.2 Å². The van der Waals surface area contributed by atoms with Crippen molar-refractivity contribution < 1.29 is 0 Å².